The van der Waals surface area contributed by atoms with Gasteiger partial charge in [0.15, 0.2) is 5.76 Å². The van der Waals surface area contributed by atoms with Crippen molar-refractivity contribution in [1.29, 1.82) is 0 Å². The predicted molar refractivity (Wildman–Crippen MR) is 104 cm³/mol. The highest BCUT2D eigenvalue weighted by atomic mass is 16.3. The summed E-state index contributed by atoms with van der Waals surface area (Å²) in [7, 11) is 0. The Hall–Kier alpha value is -2.56. The summed E-state index contributed by atoms with van der Waals surface area (Å²) in [6.45, 7) is 7.66. The molecule has 1 aromatic heterocycles. The number of hydrogen-bond donors (Lipinski definition) is 1. The first-order chi connectivity index (χ1) is 12.8. The molecule has 0 spiro atoms. The first-order valence-electron chi connectivity index (χ1n) is 9.51. The molecule has 5 heteroatoms. The van der Waals surface area contributed by atoms with Crippen molar-refractivity contribution in [3.8, 4) is 0 Å². The molecule has 1 aliphatic carbocycles. The Morgan fingerprint density at radius 1 is 1.11 bits per heavy atom. The zero-order valence-electron chi connectivity index (χ0n) is 16.1. The molecule has 2 aliphatic rings. The predicted octanol–water partition coefficient (Wildman–Crippen LogP) is 4.57. The normalized spacial score (nSPS) is 26.0. The van der Waals surface area contributed by atoms with Gasteiger partial charge in [-0.25, -0.2) is 0 Å². The molecule has 1 aromatic carbocycles. The van der Waals surface area contributed by atoms with E-state index in [0.29, 0.717) is 11.3 Å². The van der Waals surface area contributed by atoms with Gasteiger partial charge in [-0.15, -0.1) is 0 Å². The molecule has 1 N–H and O–H groups in total. The molecule has 142 valence electrons. The number of amides is 2. The van der Waals surface area contributed by atoms with Gasteiger partial charge in [0.2, 0.25) is 0 Å². The molecule has 1 saturated carbocycles. The molecular weight excluding hydrogens is 340 g/mol. The highest BCUT2D eigenvalue weighted by Gasteiger charge is 2.51. The molecule has 0 unspecified atom stereocenters. The van der Waals surface area contributed by atoms with Crippen molar-refractivity contribution in [3.63, 3.8) is 0 Å². The minimum Gasteiger partial charge on any atom is -0.459 e. The third-order valence-corrected chi connectivity index (χ3v) is 5.83. The van der Waals surface area contributed by atoms with Crippen LogP contribution in [0.5, 0.6) is 0 Å². The van der Waals surface area contributed by atoms with Crippen LogP contribution in [0.15, 0.2) is 47.1 Å². The van der Waals surface area contributed by atoms with Crippen LogP contribution in [0, 0.1) is 10.8 Å². The van der Waals surface area contributed by atoms with Crippen LogP contribution < -0.4 is 5.32 Å². The fraction of sp³-hybridized carbons (Fsp3) is 0.455. The highest BCUT2D eigenvalue weighted by Crippen LogP contribution is 2.52. The second kappa shape index (κ2) is 6.25. The molecule has 27 heavy (non-hydrogen) atoms. The van der Waals surface area contributed by atoms with Crippen LogP contribution >= 0.6 is 0 Å². The van der Waals surface area contributed by atoms with Gasteiger partial charge in [0.05, 0.1) is 17.5 Å². The maximum Gasteiger partial charge on any atom is 0.291 e. The van der Waals surface area contributed by atoms with Gasteiger partial charge in [0.25, 0.3) is 11.8 Å². The lowest BCUT2D eigenvalue weighted by atomic mass is 9.65. The van der Waals surface area contributed by atoms with E-state index in [2.05, 4.69) is 26.1 Å². The molecule has 2 amide bonds. The number of benzene rings is 1. The van der Waals surface area contributed by atoms with Gasteiger partial charge in [0.1, 0.15) is 0 Å². The van der Waals surface area contributed by atoms with Crippen LogP contribution in [0.25, 0.3) is 0 Å². The van der Waals surface area contributed by atoms with Crippen LogP contribution in [0.3, 0.4) is 0 Å². The van der Waals surface area contributed by atoms with Gasteiger partial charge in [-0.1, -0.05) is 32.9 Å². The number of hydrogen-bond acceptors (Lipinski definition) is 3. The summed E-state index contributed by atoms with van der Waals surface area (Å²) in [5.74, 6) is -0.131. The molecule has 5 nitrogen and oxygen atoms in total. The average Bonchev–Trinajstić information content (AvgIpc) is 3.20. The van der Waals surface area contributed by atoms with E-state index in [9.17, 15) is 9.59 Å². The maximum absolute atomic E-state index is 13.4. The number of carbonyl (C=O) groups is 2. The average molecular weight is 366 g/mol. The number of para-hydroxylation sites is 1. The Morgan fingerprint density at radius 2 is 1.89 bits per heavy atom. The number of nitrogens with zero attached hydrogens (tertiary/aromatic N) is 1. The Labute approximate surface area is 159 Å². The summed E-state index contributed by atoms with van der Waals surface area (Å²) in [4.78, 5) is 27.8. The van der Waals surface area contributed by atoms with E-state index in [-0.39, 0.29) is 34.4 Å². The summed E-state index contributed by atoms with van der Waals surface area (Å²) in [6.07, 6.45) is 4.67. The Morgan fingerprint density at radius 3 is 2.63 bits per heavy atom. The summed E-state index contributed by atoms with van der Waals surface area (Å²) >= 11 is 0. The van der Waals surface area contributed by atoms with Gasteiger partial charge >= 0.3 is 0 Å². The largest absolute Gasteiger partial charge is 0.459 e. The van der Waals surface area contributed by atoms with E-state index in [1.807, 2.05) is 17.0 Å². The van der Waals surface area contributed by atoms with Crippen LogP contribution in [0.4, 0.5) is 5.69 Å². The van der Waals surface area contributed by atoms with Gasteiger partial charge < -0.3 is 14.6 Å². The second-order valence-corrected chi connectivity index (χ2v) is 9.12. The van der Waals surface area contributed by atoms with E-state index in [1.54, 1.807) is 24.3 Å². The molecule has 0 radical (unpaired) electrons. The summed E-state index contributed by atoms with van der Waals surface area (Å²) in [6, 6.07) is 10.7. The van der Waals surface area contributed by atoms with Crippen molar-refractivity contribution in [3.05, 3.63) is 54.0 Å². The van der Waals surface area contributed by atoms with Crippen LogP contribution in [0.1, 0.15) is 60.9 Å². The third kappa shape index (κ3) is 3.38. The molecule has 2 bridgehead atoms. The van der Waals surface area contributed by atoms with Crippen LogP contribution in [-0.2, 0) is 0 Å². The lowest BCUT2D eigenvalue weighted by Gasteiger charge is -2.39. The molecule has 1 aliphatic heterocycles. The molecule has 2 fully saturated rings. The third-order valence-electron chi connectivity index (χ3n) is 5.83. The van der Waals surface area contributed by atoms with E-state index >= 15 is 0 Å². The van der Waals surface area contributed by atoms with Crippen molar-refractivity contribution < 1.29 is 14.0 Å². The molecule has 2 aromatic rings. The Bertz CT molecular complexity index is 871. The maximum atomic E-state index is 13.4. The van der Waals surface area contributed by atoms with Gasteiger partial charge in [-0.2, -0.15) is 0 Å². The molecule has 1 saturated heterocycles. The summed E-state index contributed by atoms with van der Waals surface area (Å²) in [5.41, 5.74) is 1.48. The highest BCUT2D eigenvalue weighted by molar-refractivity contribution is 6.08. The number of anilines is 1. The Kier molecular flexibility index (Phi) is 4.13. The fourth-order valence-electron chi connectivity index (χ4n) is 5.22. The number of carbonyl (C=O) groups excluding carboxylic acids is 2. The standard InChI is InChI=1S/C22H26N2O3/c1-21(2)11-15-12-22(3,13-21)14-24(15)20(26)16-7-4-5-8-17(16)23-19(25)18-9-6-10-27-18/h4-10,15H,11-14H2,1-3H3,(H,23,25)/t15-,22+/m1/s1. The van der Waals surface area contributed by atoms with Crippen molar-refractivity contribution in [1.82, 2.24) is 4.90 Å². The first-order valence-corrected chi connectivity index (χ1v) is 9.51. The van der Waals surface area contributed by atoms with E-state index in [0.717, 1.165) is 25.8 Å². The number of rotatable bonds is 3. The lowest BCUT2D eigenvalue weighted by molar-refractivity contribution is 0.0709. The number of fused-ring (bicyclic) bond motifs is 2. The van der Waals surface area contributed by atoms with Crippen molar-refractivity contribution in [2.75, 3.05) is 11.9 Å². The smallest absolute Gasteiger partial charge is 0.291 e. The molecule has 4 rings (SSSR count). The first kappa shape index (κ1) is 17.8. The number of likely N-dealkylation sites (tertiary alicyclic amines) is 1. The van der Waals surface area contributed by atoms with E-state index in [4.69, 9.17) is 4.42 Å². The SMILES string of the molecule is CC1(C)C[C@@H]2C[C@](C)(CN2C(=O)c2ccccc2NC(=O)c2ccco2)C1. The number of furan rings is 1. The zero-order chi connectivity index (χ0) is 19.2. The van der Waals surface area contributed by atoms with Crippen LogP contribution in [-0.4, -0.2) is 29.3 Å². The second-order valence-electron chi connectivity index (χ2n) is 9.12. The zero-order valence-corrected chi connectivity index (χ0v) is 16.1. The lowest BCUT2D eigenvalue weighted by Crippen LogP contribution is -2.38. The minimum absolute atomic E-state index is 0.00299. The number of nitrogens with one attached hydrogen (secondary N) is 1. The topological polar surface area (TPSA) is 62.6 Å². The minimum atomic E-state index is -0.353. The summed E-state index contributed by atoms with van der Waals surface area (Å²) < 4.78 is 5.15. The Balaban J connectivity index is 1.59. The quantitative estimate of drug-likeness (QED) is 0.865. The van der Waals surface area contributed by atoms with Gasteiger partial charge in [-0.05, 0) is 54.4 Å². The van der Waals surface area contributed by atoms with Crippen LogP contribution in [0.2, 0.25) is 0 Å². The monoisotopic (exact) mass is 366 g/mol. The molecule has 2 heterocycles. The van der Waals surface area contributed by atoms with Crippen molar-refractivity contribution in [2.45, 2.75) is 46.1 Å². The van der Waals surface area contributed by atoms with Gasteiger partial charge in [0, 0.05) is 12.6 Å². The van der Waals surface area contributed by atoms with Crippen molar-refractivity contribution >= 4 is 17.5 Å². The van der Waals surface area contributed by atoms with Crippen molar-refractivity contribution in [2.24, 2.45) is 10.8 Å². The summed E-state index contributed by atoms with van der Waals surface area (Å²) in [5, 5.41) is 2.82. The molecular formula is C22H26N2O3. The van der Waals surface area contributed by atoms with E-state index in [1.165, 1.54) is 6.26 Å². The molecule has 2 atom stereocenters. The van der Waals surface area contributed by atoms with Gasteiger partial charge in [-0.3, -0.25) is 9.59 Å². The van der Waals surface area contributed by atoms with E-state index < -0.39 is 0 Å². The fourth-order valence-corrected chi connectivity index (χ4v) is 5.22.